The Balaban J connectivity index is 2.06. The number of rotatable bonds is 4. The van der Waals surface area contributed by atoms with Crippen molar-refractivity contribution in [2.75, 3.05) is 20.1 Å². The van der Waals surface area contributed by atoms with E-state index in [0.29, 0.717) is 0 Å². The van der Waals surface area contributed by atoms with E-state index >= 15 is 0 Å². The first-order chi connectivity index (χ1) is 8.16. The molecular formula is C13H18N2O2. The summed E-state index contributed by atoms with van der Waals surface area (Å²) in [6, 6.07) is 9.00. The summed E-state index contributed by atoms with van der Waals surface area (Å²) in [5.41, 5.74) is 0.814. The van der Waals surface area contributed by atoms with Gasteiger partial charge in [-0.15, -0.1) is 0 Å². The van der Waals surface area contributed by atoms with Gasteiger partial charge >= 0.3 is 5.97 Å². The normalized spacial score (nSPS) is 22.5. The molecule has 2 atom stereocenters. The lowest BCUT2D eigenvalue weighted by Crippen LogP contribution is -2.38. The van der Waals surface area contributed by atoms with E-state index in [4.69, 9.17) is 0 Å². The molecule has 0 spiro atoms. The highest BCUT2D eigenvalue weighted by Gasteiger charge is 2.26. The van der Waals surface area contributed by atoms with Gasteiger partial charge in [0.05, 0.1) is 0 Å². The van der Waals surface area contributed by atoms with Crippen molar-refractivity contribution in [3.63, 3.8) is 0 Å². The van der Waals surface area contributed by atoms with Crippen molar-refractivity contribution < 1.29 is 9.90 Å². The molecule has 1 aliphatic rings. The molecule has 0 bridgehead atoms. The number of hydrogen-bond acceptors (Lipinski definition) is 3. The molecule has 2 N–H and O–H groups in total. The van der Waals surface area contributed by atoms with Gasteiger partial charge in [-0.25, -0.2) is 0 Å². The number of nitrogens with zero attached hydrogens (tertiary/aromatic N) is 1. The van der Waals surface area contributed by atoms with Crippen molar-refractivity contribution in [2.24, 2.45) is 0 Å². The quantitative estimate of drug-likeness (QED) is 0.819. The minimum absolute atomic E-state index is 0.265. The highest BCUT2D eigenvalue weighted by Crippen LogP contribution is 2.16. The summed E-state index contributed by atoms with van der Waals surface area (Å²) in [6.07, 6.45) is 1.01. The van der Waals surface area contributed by atoms with Crippen molar-refractivity contribution in [2.45, 2.75) is 18.5 Å². The molecule has 1 aromatic rings. The Morgan fingerprint density at radius 2 is 2.18 bits per heavy atom. The maximum absolute atomic E-state index is 11.3. The highest BCUT2D eigenvalue weighted by atomic mass is 16.4. The molecule has 0 radical (unpaired) electrons. The molecule has 92 valence electrons. The van der Waals surface area contributed by atoms with Crippen molar-refractivity contribution in [3.8, 4) is 0 Å². The van der Waals surface area contributed by atoms with Crippen LogP contribution in [0.15, 0.2) is 30.3 Å². The van der Waals surface area contributed by atoms with Gasteiger partial charge in [0, 0.05) is 12.6 Å². The zero-order chi connectivity index (χ0) is 12.3. The number of hydrogen-bond donors (Lipinski definition) is 2. The number of aliphatic carboxylic acids is 1. The maximum atomic E-state index is 11.3. The van der Waals surface area contributed by atoms with Gasteiger partial charge in [-0.3, -0.25) is 10.1 Å². The Morgan fingerprint density at radius 3 is 2.71 bits per heavy atom. The highest BCUT2D eigenvalue weighted by molar-refractivity contribution is 5.75. The monoisotopic (exact) mass is 234 g/mol. The summed E-state index contributed by atoms with van der Waals surface area (Å²) in [5.74, 6) is -0.814. The SMILES string of the molecule is CN1CCC(NC(C(=O)O)c2ccccc2)C1. The lowest BCUT2D eigenvalue weighted by atomic mass is 10.1. The Bertz CT molecular complexity index is 380. The van der Waals surface area contributed by atoms with Crippen LogP contribution in [0, 0.1) is 0 Å². The number of carboxylic acid groups (broad SMARTS) is 1. The van der Waals surface area contributed by atoms with Crippen LogP contribution in [0.4, 0.5) is 0 Å². The Morgan fingerprint density at radius 1 is 1.47 bits per heavy atom. The first-order valence-corrected chi connectivity index (χ1v) is 5.89. The topological polar surface area (TPSA) is 52.6 Å². The van der Waals surface area contributed by atoms with Gasteiger partial charge in [-0.2, -0.15) is 0 Å². The standard InChI is InChI=1S/C13H18N2O2/c1-15-8-7-11(9-15)14-12(13(16)17)10-5-3-2-4-6-10/h2-6,11-12,14H,7-9H2,1H3,(H,16,17). The van der Waals surface area contributed by atoms with Gasteiger partial charge in [0.1, 0.15) is 6.04 Å². The average Bonchev–Trinajstić information content (AvgIpc) is 2.73. The van der Waals surface area contributed by atoms with Crippen LogP contribution >= 0.6 is 0 Å². The number of nitrogens with one attached hydrogen (secondary N) is 1. The molecule has 0 aliphatic carbocycles. The van der Waals surface area contributed by atoms with Crippen LogP contribution in [-0.4, -0.2) is 42.2 Å². The second kappa shape index (κ2) is 5.29. The van der Waals surface area contributed by atoms with Crippen molar-refractivity contribution in [1.29, 1.82) is 0 Å². The summed E-state index contributed by atoms with van der Waals surface area (Å²) < 4.78 is 0. The lowest BCUT2D eigenvalue weighted by Gasteiger charge is -2.19. The number of benzene rings is 1. The second-order valence-electron chi connectivity index (χ2n) is 4.60. The molecule has 4 nitrogen and oxygen atoms in total. The summed E-state index contributed by atoms with van der Waals surface area (Å²) in [5, 5.41) is 12.5. The molecule has 2 rings (SSSR count). The van der Waals surface area contributed by atoms with E-state index in [1.165, 1.54) is 0 Å². The molecule has 1 saturated heterocycles. The summed E-state index contributed by atoms with van der Waals surface area (Å²) in [7, 11) is 2.06. The molecule has 0 amide bonds. The van der Waals surface area contributed by atoms with Crippen LogP contribution in [0.25, 0.3) is 0 Å². The first kappa shape index (κ1) is 12.1. The van der Waals surface area contributed by atoms with Crippen molar-refractivity contribution in [3.05, 3.63) is 35.9 Å². The predicted molar refractivity (Wildman–Crippen MR) is 65.9 cm³/mol. The van der Waals surface area contributed by atoms with Gasteiger partial charge in [0.25, 0.3) is 0 Å². The van der Waals surface area contributed by atoms with Crippen LogP contribution in [0.2, 0.25) is 0 Å². The Hall–Kier alpha value is -1.39. The maximum Gasteiger partial charge on any atom is 0.325 e. The molecule has 1 aromatic carbocycles. The predicted octanol–water partition coefficient (Wildman–Crippen LogP) is 1.11. The zero-order valence-electron chi connectivity index (χ0n) is 9.97. The average molecular weight is 234 g/mol. The van der Waals surface area contributed by atoms with Gasteiger partial charge in [0.15, 0.2) is 0 Å². The summed E-state index contributed by atoms with van der Waals surface area (Å²) >= 11 is 0. The Kier molecular flexibility index (Phi) is 3.76. The fourth-order valence-electron chi connectivity index (χ4n) is 2.26. The van der Waals surface area contributed by atoms with Crippen LogP contribution in [0.5, 0.6) is 0 Å². The van der Waals surface area contributed by atoms with Crippen LogP contribution in [0.3, 0.4) is 0 Å². The van der Waals surface area contributed by atoms with E-state index in [-0.39, 0.29) is 6.04 Å². The molecule has 0 aromatic heterocycles. The number of likely N-dealkylation sites (tertiary alicyclic amines) is 1. The van der Waals surface area contributed by atoms with E-state index in [9.17, 15) is 9.90 Å². The fraction of sp³-hybridized carbons (Fsp3) is 0.462. The van der Waals surface area contributed by atoms with E-state index in [1.807, 2.05) is 30.3 Å². The Labute approximate surface area is 101 Å². The minimum atomic E-state index is -0.814. The molecule has 2 unspecified atom stereocenters. The first-order valence-electron chi connectivity index (χ1n) is 5.89. The molecule has 1 fully saturated rings. The second-order valence-corrected chi connectivity index (χ2v) is 4.60. The third-order valence-corrected chi connectivity index (χ3v) is 3.17. The van der Waals surface area contributed by atoms with E-state index < -0.39 is 12.0 Å². The molecular weight excluding hydrogens is 216 g/mol. The van der Waals surface area contributed by atoms with Crippen LogP contribution < -0.4 is 5.32 Å². The molecule has 1 aliphatic heterocycles. The number of carbonyl (C=O) groups is 1. The van der Waals surface area contributed by atoms with Gasteiger partial charge in [0.2, 0.25) is 0 Å². The van der Waals surface area contributed by atoms with E-state index in [2.05, 4.69) is 17.3 Å². The van der Waals surface area contributed by atoms with E-state index in [1.54, 1.807) is 0 Å². The van der Waals surface area contributed by atoms with E-state index in [0.717, 1.165) is 25.1 Å². The fourth-order valence-corrected chi connectivity index (χ4v) is 2.26. The zero-order valence-corrected chi connectivity index (χ0v) is 9.97. The van der Waals surface area contributed by atoms with Crippen LogP contribution in [-0.2, 0) is 4.79 Å². The molecule has 17 heavy (non-hydrogen) atoms. The molecule has 4 heteroatoms. The summed E-state index contributed by atoms with van der Waals surface area (Å²) in [4.78, 5) is 13.5. The number of carboxylic acids is 1. The van der Waals surface area contributed by atoms with Gasteiger partial charge in [-0.05, 0) is 25.6 Å². The summed E-state index contributed by atoms with van der Waals surface area (Å²) in [6.45, 7) is 1.94. The minimum Gasteiger partial charge on any atom is -0.480 e. The van der Waals surface area contributed by atoms with Gasteiger partial charge in [-0.1, -0.05) is 30.3 Å². The largest absolute Gasteiger partial charge is 0.480 e. The van der Waals surface area contributed by atoms with Crippen molar-refractivity contribution >= 4 is 5.97 Å². The lowest BCUT2D eigenvalue weighted by molar-refractivity contribution is -0.139. The third kappa shape index (κ3) is 3.05. The smallest absolute Gasteiger partial charge is 0.325 e. The van der Waals surface area contributed by atoms with Crippen LogP contribution in [0.1, 0.15) is 18.0 Å². The van der Waals surface area contributed by atoms with Gasteiger partial charge < -0.3 is 10.0 Å². The third-order valence-electron chi connectivity index (χ3n) is 3.17. The molecule has 0 saturated carbocycles. The van der Waals surface area contributed by atoms with Crippen molar-refractivity contribution in [1.82, 2.24) is 10.2 Å². The molecule has 1 heterocycles. The number of likely N-dealkylation sites (N-methyl/N-ethyl adjacent to an activating group) is 1.